The van der Waals surface area contributed by atoms with Gasteiger partial charge in [0.2, 0.25) is 5.91 Å². The number of benzene rings is 1. The fraction of sp³-hybridized carbons (Fsp3) is 0.533. The molecule has 1 aliphatic heterocycles. The molecule has 2 atom stereocenters. The van der Waals surface area contributed by atoms with Crippen LogP contribution < -0.4 is 15.4 Å². The summed E-state index contributed by atoms with van der Waals surface area (Å²) in [6.45, 7) is 3.00. The number of rotatable bonds is 4. The van der Waals surface area contributed by atoms with Crippen LogP contribution in [-0.4, -0.2) is 25.6 Å². The first-order valence-corrected chi connectivity index (χ1v) is 7.01. The topological polar surface area (TPSA) is 50.4 Å². The number of hydrogen-bond acceptors (Lipinski definition) is 3. The molecule has 20 heavy (non-hydrogen) atoms. The highest BCUT2D eigenvalue weighted by molar-refractivity contribution is 5.94. The van der Waals surface area contributed by atoms with E-state index in [9.17, 15) is 9.18 Å². The normalized spacial score (nSPS) is 22.4. The number of hydrogen-bond donors (Lipinski definition) is 2. The Kier molecular flexibility index (Phi) is 4.95. The molecular weight excluding hydrogens is 259 g/mol. The number of piperidine rings is 1. The summed E-state index contributed by atoms with van der Waals surface area (Å²) < 4.78 is 18.4. The van der Waals surface area contributed by atoms with Crippen molar-refractivity contribution in [1.29, 1.82) is 0 Å². The largest absolute Gasteiger partial charge is 0.494 e. The number of carbonyl (C=O) groups excluding carboxylic acids is 1. The van der Waals surface area contributed by atoms with Gasteiger partial charge in [-0.05, 0) is 37.4 Å². The third-order valence-corrected chi connectivity index (χ3v) is 3.83. The number of methoxy groups -OCH3 is 1. The van der Waals surface area contributed by atoms with Gasteiger partial charge in [-0.2, -0.15) is 0 Å². The summed E-state index contributed by atoms with van der Waals surface area (Å²) in [5.41, 5.74) is 0.453. The van der Waals surface area contributed by atoms with Crippen LogP contribution in [0.5, 0.6) is 5.75 Å². The van der Waals surface area contributed by atoms with Crippen LogP contribution in [0.3, 0.4) is 0 Å². The zero-order valence-electron chi connectivity index (χ0n) is 11.9. The van der Waals surface area contributed by atoms with Crippen LogP contribution in [0.15, 0.2) is 18.2 Å². The van der Waals surface area contributed by atoms with Crippen molar-refractivity contribution in [1.82, 2.24) is 5.32 Å². The number of nitrogens with one attached hydrogen (secondary N) is 2. The Balaban J connectivity index is 1.98. The fourth-order valence-electron chi connectivity index (χ4n) is 2.54. The van der Waals surface area contributed by atoms with Crippen LogP contribution in [0.1, 0.15) is 26.2 Å². The van der Waals surface area contributed by atoms with Crippen molar-refractivity contribution in [2.45, 2.75) is 32.2 Å². The smallest absolute Gasteiger partial charge is 0.241 e. The van der Waals surface area contributed by atoms with E-state index in [0.717, 1.165) is 25.8 Å². The minimum absolute atomic E-state index is 0.104. The van der Waals surface area contributed by atoms with Crippen LogP contribution in [0, 0.1) is 11.7 Å². The molecule has 1 aromatic rings. The SMILES string of the molecule is CCC1CCNC(C(=O)Nc2ccc(OC)c(F)c2)C1. The molecule has 1 amide bonds. The highest BCUT2D eigenvalue weighted by Gasteiger charge is 2.25. The molecule has 0 saturated carbocycles. The van der Waals surface area contributed by atoms with Gasteiger partial charge < -0.3 is 15.4 Å². The molecule has 5 heteroatoms. The van der Waals surface area contributed by atoms with E-state index >= 15 is 0 Å². The first-order chi connectivity index (χ1) is 9.63. The maximum absolute atomic E-state index is 13.6. The maximum atomic E-state index is 13.6. The third kappa shape index (κ3) is 3.48. The summed E-state index contributed by atoms with van der Waals surface area (Å²) in [6, 6.07) is 4.23. The highest BCUT2D eigenvalue weighted by atomic mass is 19.1. The van der Waals surface area contributed by atoms with E-state index in [0.29, 0.717) is 11.6 Å². The lowest BCUT2D eigenvalue weighted by molar-refractivity contribution is -0.119. The molecule has 0 spiro atoms. The van der Waals surface area contributed by atoms with Crippen molar-refractivity contribution in [3.63, 3.8) is 0 Å². The molecule has 0 aliphatic carbocycles. The van der Waals surface area contributed by atoms with E-state index in [1.54, 1.807) is 6.07 Å². The highest BCUT2D eigenvalue weighted by Crippen LogP contribution is 2.23. The molecule has 1 aliphatic rings. The van der Waals surface area contributed by atoms with Crippen LogP contribution in [0.2, 0.25) is 0 Å². The predicted molar refractivity (Wildman–Crippen MR) is 76.4 cm³/mol. The molecule has 110 valence electrons. The molecule has 2 N–H and O–H groups in total. The monoisotopic (exact) mass is 280 g/mol. The Bertz CT molecular complexity index is 479. The molecule has 2 unspecified atom stereocenters. The van der Waals surface area contributed by atoms with Gasteiger partial charge in [-0.3, -0.25) is 4.79 Å². The van der Waals surface area contributed by atoms with Gasteiger partial charge in [0.25, 0.3) is 0 Å². The number of ether oxygens (including phenoxy) is 1. The first-order valence-electron chi connectivity index (χ1n) is 7.01. The number of carbonyl (C=O) groups is 1. The van der Waals surface area contributed by atoms with Gasteiger partial charge in [0.15, 0.2) is 11.6 Å². The van der Waals surface area contributed by atoms with Gasteiger partial charge in [0, 0.05) is 11.8 Å². The second-order valence-electron chi connectivity index (χ2n) is 5.14. The summed E-state index contributed by atoms with van der Waals surface area (Å²) in [4.78, 5) is 12.2. The summed E-state index contributed by atoms with van der Waals surface area (Å²) in [5.74, 6) is 0.172. The van der Waals surface area contributed by atoms with Crippen molar-refractivity contribution in [2.75, 3.05) is 19.0 Å². The van der Waals surface area contributed by atoms with Crippen molar-refractivity contribution < 1.29 is 13.9 Å². The summed E-state index contributed by atoms with van der Waals surface area (Å²) in [7, 11) is 1.41. The second kappa shape index (κ2) is 6.70. The molecule has 0 aromatic heterocycles. The molecule has 4 nitrogen and oxygen atoms in total. The van der Waals surface area contributed by atoms with Gasteiger partial charge in [0.05, 0.1) is 13.2 Å². The minimum Gasteiger partial charge on any atom is -0.494 e. The average Bonchev–Trinajstić information content (AvgIpc) is 2.47. The van der Waals surface area contributed by atoms with E-state index < -0.39 is 5.82 Å². The Morgan fingerprint density at radius 3 is 3.00 bits per heavy atom. The number of amides is 1. The van der Waals surface area contributed by atoms with Crippen molar-refractivity contribution in [2.24, 2.45) is 5.92 Å². The van der Waals surface area contributed by atoms with Gasteiger partial charge in [-0.15, -0.1) is 0 Å². The van der Waals surface area contributed by atoms with E-state index in [4.69, 9.17) is 4.74 Å². The number of halogens is 1. The van der Waals surface area contributed by atoms with Crippen LogP contribution in [0.4, 0.5) is 10.1 Å². The molecule has 1 aromatic carbocycles. The lowest BCUT2D eigenvalue weighted by Crippen LogP contribution is -2.46. The molecular formula is C15H21FN2O2. The van der Waals surface area contributed by atoms with E-state index in [1.165, 1.54) is 19.2 Å². The average molecular weight is 280 g/mol. The standard InChI is InChI=1S/C15H21FN2O2/c1-3-10-6-7-17-13(8-10)15(19)18-11-4-5-14(20-2)12(16)9-11/h4-5,9-10,13,17H,3,6-8H2,1-2H3,(H,18,19). The second-order valence-corrected chi connectivity index (χ2v) is 5.14. The quantitative estimate of drug-likeness (QED) is 0.891. The summed E-state index contributed by atoms with van der Waals surface area (Å²) >= 11 is 0. The predicted octanol–water partition coefficient (Wildman–Crippen LogP) is 2.55. The van der Waals surface area contributed by atoms with E-state index in [1.807, 2.05) is 0 Å². The van der Waals surface area contributed by atoms with E-state index in [-0.39, 0.29) is 17.7 Å². The van der Waals surface area contributed by atoms with Crippen molar-refractivity contribution in [3.05, 3.63) is 24.0 Å². The molecule has 1 fully saturated rings. The summed E-state index contributed by atoms with van der Waals surface area (Å²) in [5, 5.41) is 5.96. The lowest BCUT2D eigenvalue weighted by atomic mass is 9.90. The van der Waals surface area contributed by atoms with Crippen molar-refractivity contribution in [3.8, 4) is 5.75 Å². The van der Waals surface area contributed by atoms with Crippen LogP contribution in [-0.2, 0) is 4.79 Å². The Hall–Kier alpha value is -1.62. The molecule has 0 radical (unpaired) electrons. The van der Waals surface area contributed by atoms with E-state index in [2.05, 4.69) is 17.6 Å². The first kappa shape index (κ1) is 14.8. The Labute approximate surface area is 118 Å². The summed E-state index contributed by atoms with van der Waals surface area (Å²) in [6.07, 6.45) is 3.03. The fourth-order valence-corrected chi connectivity index (χ4v) is 2.54. The van der Waals surface area contributed by atoms with Gasteiger partial charge in [-0.1, -0.05) is 13.3 Å². The number of anilines is 1. The van der Waals surface area contributed by atoms with Gasteiger partial charge in [0.1, 0.15) is 0 Å². The zero-order chi connectivity index (χ0) is 14.5. The zero-order valence-corrected chi connectivity index (χ0v) is 11.9. The Morgan fingerprint density at radius 1 is 1.55 bits per heavy atom. The van der Waals surface area contributed by atoms with Crippen molar-refractivity contribution >= 4 is 11.6 Å². The Morgan fingerprint density at radius 2 is 2.35 bits per heavy atom. The van der Waals surface area contributed by atoms with Crippen LogP contribution in [0.25, 0.3) is 0 Å². The minimum atomic E-state index is -0.478. The van der Waals surface area contributed by atoms with Gasteiger partial charge >= 0.3 is 0 Å². The molecule has 1 heterocycles. The van der Waals surface area contributed by atoms with Crippen LogP contribution >= 0.6 is 0 Å². The third-order valence-electron chi connectivity index (χ3n) is 3.83. The molecule has 1 saturated heterocycles. The molecule has 2 rings (SSSR count). The molecule has 0 bridgehead atoms. The van der Waals surface area contributed by atoms with Gasteiger partial charge in [-0.25, -0.2) is 4.39 Å². The maximum Gasteiger partial charge on any atom is 0.241 e. The lowest BCUT2D eigenvalue weighted by Gasteiger charge is -2.28.